The predicted molar refractivity (Wildman–Crippen MR) is 103 cm³/mol. The Labute approximate surface area is 159 Å². The van der Waals surface area contributed by atoms with Crippen LogP contribution in [0.25, 0.3) is 0 Å². The molecule has 9 heteroatoms. The van der Waals surface area contributed by atoms with Crippen LogP contribution in [0.5, 0.6) is 0 Å². The van der Waals surface area contributed by atoms with E-state index in [1.807, 2.05) is 10.9 Å². The summed E-state index contributed by atoms with van der Waals surface area (Å²) in [6, 6.07) is 2.34. The smallest absolute Gasteiger partial charge is 0.134 e. The first kappa shape index (κ1) is 18.1. The number of rotatable bonds is 6. The topological polar surface area (TPSA) is 86.4 Å². The third-order valence-electron chi connectivity index (χ3n) is 5.43. The second kappa shape index (κ2) is 7.77. The molecule has 2 aliphatic heterocycles. The van der Waals surface area contributed by atoms with Crippen molar-refractivity contribution >= 4 is 11.6 Å². The van der Waals surface area contributed by atoms with Crippen molar-refractivity contribution < 1.29 is 5.11 Å². The van der Waals surface area contributed by atoms with E-state index >= 15 is 0 Å². The van der Waals surface area contributed by atoms with Crippen molar-refractivity contribution in [2.24, 2.45) is 5.92 Å². The van der Waals surface area contributed by atoms with Gasteiger partial charge in [-0.15, -0.1) is 5.10 Å². The molecule has 0 saturated carbocycles. The summed E-state index contributed by atoms with van der Waals surface area (Å²) in [5.41, 5.74) is 0. The first-order valence-electron chi connectivity index (χ1n) is 9.59. The Bertz CT molecular complexity index is 737. The van der Waals surface area contributed by atoms with Crippen LogP contribution in [0.1, 0.15) is 12.8 Å². The number of aliphatic hydroxyl groups is 1. The standard InChI is InChI=1S/C18H28N8O/c1-23(2)11-15-7-16(27)12-26(15)18-8-17(19-13-20-18)24-5-3-14(9-24)10-25-6-4-21-22-25/h4,6,8,13-16,27H,3,5,7,9-12H2,1-2H3/t14?,15-,16-/m1/s1. The highest BCUT2D eigenvalue weighted by atomic mass is 16.3. The van der Waals surface area contributed by atoms with Crippen molar-refractivity contribution in [3.63, 3.8) is 0 Å². The number of likely N-dealkylation sites (N-methyl/N-ethyl adjacent to an activating group) is 1. The largest absolute Gasteiger partial charge is 0.391 e. The fraction of sp³-hybridized carbons (Fsp3) is 0.667. The Kier molecular flexibility index (Phi) is 5.22. The van der Waals surface area contributed by atoms with Gasteiger partial charge in [0.1, 0.15) is 18.0 Å². The fourth-order valence-electron chi connectivity index (χ4n) is 4.22. The van der Waals surface area contributed by atoms with Crippen LogP contribution >= 0.6 is 0 Å². The van der Waals surface area contributed by atoms with Crippen LogP contribution < -0.4 is 9.80 Å². The van der Waals surface area contributed by atoms with Crippen LogP contribution in [-0.2, 0) is 6.54 Å². The monoisotopic (exact) mass is 372 g/mol. The molecule has 27 heavy (non-hydrogen) atoms. The highest BCUT2D eigenvalue weighted by Crippen LogP contribution is 2.29. The molecule has 2 aliphatic rings. The van der Waals surface area contributed by atoms with Gasteiger partial charge in [0, 0.05) is 51.0 Å². The predicted octanol–water partition coefficient (Wildman–Crippen LogP) is 0.0958. The van der Waals surface area contributed by atoms with Crippen molar-refractivity contribution in [1.29, 1.82) is 0 Å². The number of anilines is 2. The lowest BCUT2D eigenvalue weighted by atomic mass is 10.1. The maximum absolute atomic E-state index is 10.2. The lowest BCUT2D eigenvalue weighted by Crippen LogP contribution is -2.38. The quantitative estimate of drug-likeness (QED) is 0.764. The molecular formula is C18H28N8O. The molecule has 3 atom stereocenters. The summed E-state index contributed by atoms with van der Waals surface area (Å²) in [5.74, 6) is 2.41. The van der Waals surface area contributed by atoms with E-state index in [0.717, 1.165) is 50.7 Å². The number of hydrogen-bond donors (Lipinski definition) is 1. The average Bonchev–Trinajstić information content (AvgIpc) is 3.37. The Balaban J connectivity index is 1.44. The minimum Gasteiger partial charge on any atom is -0.391 e. The van der Waals surface area contributed by atoms with E-state index in [2.05, 4.69) is 55.1 Å². The lowest BCUT2D eigenvalue weighted by Gasteiger charge is -2.28. The van der Waals surface area contributed by atoms with E-state index in [1.54, 1.807) is 12.5 Å². The molecule has 2 fully saturated rings. The fourth-order valence-corrected chi connectivity index (χ4v) is 4.22. The minimum atomic E-state index is -0.299. The van der Waals surface area contributed by atoms with Gasteiger partial charge in [0.2, 0.25) is 0 Å². The number of aromatic nitrogens is 5. The van der Waals surface area contributed by atoms with Crippen LogP contribution in [0, 0.1) is 5.92 Å². The molecule has 146 valence electrons. The molecule has 0 bridgehead atoms. The van der Waals surface area contributed by atoms with Gasteiger partial charge in [-0.05, 0) is 32.9 Å². The zero-order valence-electron chi connectivity index (χ0n) is 16.0. The Morgan fingerprint density at radius 2 is 2.07 bits per heavy atom. The van der Waals surface area contributed by atoms with Gasteiger partial charge in [-0.2, -0.15) is 0 Å². The molecule has 4 heterocycles. The average molecular weight is 372 g/mol. The molecule has 0 amide bonds. The molecule has 0 radical (unpaired) electrons. The highest BCUT2D eigenvalue weighted by molar-refractivity contribution is 5.52. The van der Waals surface area contributed by atoms with Crippen molar-refractivity contribution in [2.45, 2.75) is 31.5 Å². The molecular weight excluding hydrogens is 344 g/mol. The van der Waals surface area contributed by atoms with Gasteiger partial charge in [0.05, 0.1) is 12.3 Å². The van der Waals surface area contributed by atoms with Crippen LogP contribution in [-0.4, -0.2) is 87.4 Å². The second-order valence-electron chi connectivity index (χ2n) is 7.92. The Hall–Kier alpha value is -2.26. The summed E-state index contributed by atoms with van der Waals surface area (Å²) in [5, 5.41) is 18.1. The highest BCUT2D eigenvalue weighted by Gasteiger charge is 2.33. The van der Waals surface area contributed by atoms with E-state index in [1.165, 1.54) is 0 Å². The van der Waals surface area contributed by atoms with Crippen molar-refractivity contribution in [3.8, 4) is 0 Å². The summed E-state index contributed by atoms with van der Waals surface area (Å²) < 4.78 is 1.90. The van der Waals surface area contributed by atoms with Crippen LogP contribution in [0.2, 0.25) is 0 Å². The van der Waals surface area contributed by atoms with Crippen LogP contribution in [0.15, 0.2) is 24.8 Å². The molecule has 1 unspecified atom stereocenters. The first-order chi connectivity index (χ1) is 13.1. The third-order valence-corrected chi connectivity index (χ3v) is 5.43. The maximum Gasteiger partial charge on any atom is 0.134 e. The third kappa shape index (κ3) is 4.19. The van der Waals surface area contributed by atoms with Gasteiger partial charge >= 0.3 is 0 Å². The van der Waals surface area contributed by atoms with Crippen molar-refractivity contribution in [3.05, 3.63) is 24.8 Å². The molecule has 2 aromatic rings. The molecule has 9 nitrogen and oxygen atoms in total. The van der Waals surface area contributed by atoms with E-state index < -0.39 is 0 Å². The van der Waals surface area contributed by atoms with Crippen molar-refractivity contribution in [1.82, 2.24) is 29.9 Å². The van der Waals surface area contributed by atoms with Crippen molar-refractivity contribution in [2.75, 3.05) is 50.1 Å². The Morgan fingerprint density at radius 3 is 2.85 bits per heavy atom. The van der Waals surface area contributed by atoms with Gasteiger partial charge < -0.3 is 19.8 Å². The summed E-state index contributed by atoms with van der Waals surface area (Å²) in [4.78, 5) is 15.7. The van der Waals surface area contributed by atoms with Crippen LogP contribution in [0.4, 0.5) is 11.6 Å². The lowest BCUT2D eigenvalue weighted by molar-refractivity contribution is 0.191. The summed E-state index contributed by atoms with van der Waals surface area (Å²) in [7, 11) is 4.13. The second-order valence-corrected chi connectivity index (χ2v) is 7.92. The molecule has 4 rings (SSSR count). The first-order valence-corrected chi connectivity index (χ1v) is 9.59. The maximum atomic E-state index is 10.2. The number of hydrogen-bond acceptors (Lipinski definition) is 8. The minimum absolute atomic E-state index is 0.274. The van der Waals surface area contributed by atoms with Gasteiger partial charge in [-0.25, -0.2) is 9.97 Å². The van der Waals surface area contributed by atoms with E-state index in [4.69, 9.17) is 0 Å². The van der Waals surface area contributed by atoms with E-state index in [0.29, 0.717) is 12.5 Å². The van der Waals surface area contributed by atoms with Gasteiger partial charge in [0.25, 0.3) is 0 Å². The van der Waals surface area contributed by atoms with Gasteiger partial charge in [-0.1, -0.05) is 5.21 Å². The van der Waals surface area contributed by atoms with Gasteiger partial charge in [-0.3, -0.25) is 4.68 Å². The molecule has 0 aromatic carbocycles. The van der Waals surface area contributed by atoms with Crippen LogP contribution in [0.3, 0.4) is 0 Å². The summed E-state index contributed by atoms with van der Waals surface area (Å²) >= 11 is 0. The zero-order chi connectivity index (χ0) is 18.8. The molecule has 1 N–H and O–H groups in total. The zero-order valence-corrected chi connectivity index (χ0v) is 16.0. The summed E-state index contributed by atoms with van der Waals surface area (Å²) in [6.45, 7) is 4.36. The van der Waals surface area contributed by atoms with E-state index in [9.17, 15) is 5.11 Å². The summed E-state index contributed by atoms with van der Waals surface area (Å²) in [6.07, 6.45) is 6.87. The SMILES string of the molecule is CN(C)C[C@H]1C[C@@H](O)CN1c1cc(N2CCC(Cn3ccnn3)C2)ncn1. The van der Waals surface area contributed by atoms with Gasteiger partial charge in [0.15, 0.2) is 0 Å². The molecule has 0 aliphatic carbocycles. The molecule has 2 saturated heterocycles. The molecule has 2 aromatic heterocycles. The normalized spacial score (nSPS) is 25.7. The number of aliphatic hydroxyl groups excluding tert-OH is 1. The van der Waals surface area contributed by atoms with E-state index in [-0.39, 0.29) is 12.1 Å². The number of nitrogens with zero attached hydrogens (tertiary/aromatic N) is 8. The number of β-amino-alcohol motifs (C(OH)–C–C–N with tert-alkyl or cyclic N) is 1. The Morgan fingerprint density at radius 1 is 1.22 bits per heavy atom. The molecule has 0 spiro atoms.